The van der Waals surface area contributed by atoms with Crippen LogP contribution in [0.4, 0.5) is 5.69 Å². The quantitative estimate of drug-likeness (QED) is 0.880. The molecule has 0 saturated heterocycles. The smallest absolute Gasteiger partial charge is 0.238 e. The lowest BCUT2D eigenvalue weighted by Gasteiger charge is -2.27. The zero-order valence-electron chi connectivity index (χ0n) is 12.7. The number of nitrogens with one attached hydrogen (secondary N) is 1. The number of sulfone groups is 1. The summed E-state index contributed by atoms with van der Waals surface area (Å²) in [6, 6.07) is 8.37. The van der Waals surface area contributed by atoms with Crippen molar-refractivity contribution < 1.29 is 13.2 Å². The Morgan fingerprint density at radius 1 is 1.33 bits per heavy atom. The Labute approximate surface area is 126 Å². The number of nitrogens with zero attached hydrogens (tertiary/aromatic N) is 1. The number of amides is 1. The van der Waals surface area contributed by atoms with Crippen LogP contribution in [0.5, 0.6) is 0 Å². The Balaban J connectivity index is 1.95. The third kappa shape index (κ3) is 3.56. The van der Waals surface area contributed by atoms with Gasteiger partial charge in [-0.15, -0.1) is 0 Å². The van der Waals surface area contributed by atoms with E-state index in [0.717, 1.165) is 19.2 Å². The molecule has 0 saturated carbocycles. The molecule has 5 nitrogen and oxygen atoms in total. The molecule has 1 amide bonds. The highest BCUT2D eigenvalue weighted by molar-refractivity contribution is 7.92. The minimum absolute atomic E-state index is 0.129. The lowest BCUT2D eigenvalue weighted by atomic mass is 10.2. The topological polar surface area (TPSA) is 66.5 Å². The summed E-state index contributed by atoms with van der Waals surface area (Å²) in [6.07, 6.45) is 2.09. The van der Waals surface area contributed by atoms with Crippen molar-refractivity contribution in [2.24, 2.45) is 0 Å². The zero-order valence-corrected chi connectivity index (χ0v) is 13.5. The molecule has 1 aromatic carbocycles. The molecule has 6 heteroatoms. The first-order valence-electron chi connectivity index (χ1n) is 7.12. The molecule has 116 valence electrons. The fraction of sp³-hybridized carbons (Fsp3) is 0.533. The highest BCUT2D eigenvalue weighted by Gasteiger charge is 2.26. The van der Waals surface area contributed by atoms with Gasteiger partial charge in [0.15, 0.2) is 9.84 Å². The summed E-state index contributed by atoms with van der Waals surface area (Å²) >= 11 is 0. The largest absolute Gasteiger partial charge is 0.366 e. The Bertz CT molecular complexity index is 628. The predicted octanol–water partition coefficient (Wildman–Crippen LogP) is 0.987. The van der Waals surface area contributed by atoms with E-state index in [2.05, 4.69) is 22.3 Å². The first kappa shape index (κ1) is 15.8. The van der Waals surface area contributed by atoms with Crippen LogP contribution >= 0.6 is 0 Å². The van der Waals surface area contributed by atoms with Crippen LogP contribution in [0.15, 0.2) is 24.3 Å². The molecule has 1 aliphatic heterocycles. The number of carbonyl (C=O) groups excluding carboxylic acids is 1. The Hall–Kier alpha value is -1.56. The Kier molecular flexibility index (Phi) is 4.56. The average molecular weight is 310 g/mol. The number of para-hydroxylation sites is 1. The van der Waals surface area contributed by atoms with E-state index in [9.17, 15) is 13.2 Å². The maximum Gasteiger partial charge on any atom is 0.238 e. The number of rotatable bonds is 5. The van der Waals surface area contributed by atoms with Crippen molar-refractivity contribution in [3.63, 3.8) is 0 Å². The van der Waals surface area contributed by atoms with Gasteiger partial charge in [0.05, 0.1) is 0 Å². The van der Waals surface area contributed by atoms with E-state index in [4.69, 9.17) is 0 Å². The molecule has 21 heavy (non-hydrogen) atoms. The van der Waals surface area contributed by atoms with Gasteiger partial charge >= 0.3 is 0 Å². The van der Waals surface area contributed by atoms with Gasteiger partial charge in [0.1, 0.15) is 5.25 Å². The summed E-state index contributed by atoms with van der Waals surface area (Å²) in [5, 5.41) is 1.73. The van der Waals surface area contributed by atoms with E-state index < -0.39 is 21.0 Å². The summed E-state index contributed by atoms with van der Waals surface area (Å²) in [7, 11) is -3.34. The first-order valence-corrected chi connectivity index (χ1v) is 9.07. The van der Waals surface area contributed by atoms with Gasteiger partial charge < -0.3 is 10.2 Å². The van der Waals surface area contributed by atoms with Gasteiger partial charge in [-0.25, -0.2) is 8.42 Å². The third-order valence-electron chi connectivity index (χ3n) is 4.04. The Morgan fingerprint density at radius 3 is 2.67 bits per heavy atom. The Morgan fingerprint density at radius 2 is 2.00 bits per heavy atom. The van der Waals surface area contributed by atoms with Crippen LogP contribution in [0.2, 0.25) is 0 Å². The number of hydrogen-bond donors (Lipinski definition) is 1. The van der Waals surface area contributed by atoms with Gasteiger partial charge in [-0.05, 0) is 31.9 Å². The highest BCUT2D eigenvalue weighted by atomic mass is 32.2. The van der Waals surface area contributed by atoms with E-state index in [0.29, 0.717) is 6.54 Å². The van der Waals surface area contributed by atoms with Gasteiger partial charge in [-0.1, -0.05) is 18.2 Å². The number of anilines is 1. The summed E-state index contributed by atoms with van der Waals surface area (Å²) in [4.78, 5) is 14.1. The lowest BCUT2D eigenvalue weighted by Crippen LogP contribution is -2.45. The minimum Gasteiger partial charge on any atom is -0.366 e. The summed E-state index contributed by atoms with van der Waals surface area (Å²) in [5.74, 6) is -0.433. The third-order valence-corrected chi connectivity index (χ3v) is 5.54. The monoisotopic (exact) mass is 310 g/mol. The van der Waals surface area contributed by atoms with Crippen LogP contribution in [-0.4, -0.2) is 45.0 Å². The average Bonchev–Trinajstić information content (AvgIpc) is 2.86. The fourth-order valence-electron chi connectivity index (χ4n) is 2.52. The molecule has 0 radical (unpaired) electrons. The summed E-state index contributed by atoms with van der Waals surface area (Å²) < 4.78 is 22.7. The van der Waals surface area contributed by atoms with E-state index >= 15 is 0 Å². The van der Waals surface area contributed by atoms with E-state index in [1.807, 2.05) is 19.1 Å². The van der Waals surface area contributed by atoms with Gasteiger partial charge in [0.2, 0.25) is 5.91 Å². The van der Waals surface area contributed by atoms with E-state index in [1.165, 1.54) is 18.2 Å². The second-order valence-electron chi connectivity index (χ2n) is 5.64. The van der Waals surface area contributed by atoms with Crippen molar-refractivity contribution in [3.8, 4) is 0 Å². The van der Waals surface area contributed by atoms with Crippen LogP contribution in [0.1, 0.15) is 19.4 Å². The molecule has 0 unspecified atom stereocenters. The lowest BCUT2D eigenvalue weighted by molar-refractivity contribution is -0.120. The van der Waals surface area contributed by atoms with Crippen molar-refractivity contribution >= 4 is 21.4 Å². The summed E-state index contributed by atoms with van der Waals surface area (Å²) in [5.41, 5.74) is 2.52. The SMILES string of the molecule is C[C@H](CNC(=O)[C@@H](C)S(C)(=O)=O)N1CCc2ccccc21. The molecule has 1 N–H and O–H groups in total. The molecule has 0 fully saturated rings. The molecule has 1 aliphatic rings. The van der Waals surface area contributed by atoms with Crippen LogP contribution in [0.3, 0.4) is 0 Å². The van der Waals surface area contributed by atoms with Gasteiger partial charge in [-0.2, -0.15) is 0 Å². The van der Waals surface area contributed by atoms with Gasteiger partial charge in [-0.3, -0.25) is 4.79 Å². The van der Waals surface area contributed by atoms with Crippen LogP contribution in [0, 0.1) is 0 Å². The highest BCUT2D eigenvalue weighted by Crippen LogP contribution is 2.28. The van der Waals surface area contributed by atoms with Crippen LogP contribution in [-0.2, 0) is 21.1 Å². The van der Waals surface area contributed by atoms with Gasteiger partial charge in [0, 0.05) is 31.1 Å². The molecular weight excluding hydrogens is 288 g/mol. The van der Waals surface area contributed by atoms with Crippen LogP contribution < -0.4 is 10.2 Å². The molecule has 0 aliphatic carbocycles. The van der Waals surface area contributed by atoms with Crippen molar-refractivity contribution in [2.75, 3.05) is 24.2 Å². The van der Waals surface area contributed by atoms with Crippen molar-refractivity contribution in [1.29, 1.82) is 0 Å². The zero-order chi connectivity index (χ0) is 15.6. The number of fused-ring (bicyclic) bond motifs is 1. The fourth-order valence-corrected chi connectivity index (χ4v) is 2.99. The normalized spacial score (nSPS) is 17.2. The number of hydrogen-bond acceptors (Lipinski definition) is 4. The number of carbonyl (C=O) groups is 1. The maximum absolute atomic E-state index is 11.8. The first-order chi connectivity index (χ1) is 9.80. The van der Waals surface area contributed by atoms with Crippen LogP contribution in [0.25, 0.3) is 0 Å². The molecular formula is C15H22N2O3S. The standard InChI is InChI=1S/C15H22N2O3S/c1-11(10-16-15(18)12(2)21(3,19)20)17-9-8-13-6-4-5-7-14(13)17/h4-7,11-12H,8-10H2,1-3H3,(H,16,18)/t11-,12-/m1/s1. The summed E-state index contributed by atoms with van der Waals surface area (Å²) in [6.45, 7) is 4.82. The number of benzene rings is 1. The molecule has 1 aromatic rings. The van der Waals surface area contributed by atoms with Crippen molar-refractivity contribution in [1.82, 2.24) is 5.32 Å². The van der Waals surface area contributed by atoms with E-state index in [-0.39, 0.29) is 6.04 Å². The van der Waals surface area contributed by atoms with Gasteiger partial charge in [0.25, 0.3) is 0 Å². The molecule has 0 bridgehead atoms. The molecule has 0 aromatic heterocycles. The molecule has 2 rings (SSSR count). The molecule has 1 heterocycles. The molecule has 2 atom stereocenters. The van der Waals surface area contributed by atoms with Crippen molar-refractivity contribution in [2.45, 2.75) is 31.6 Å². The minimum atomic E-state index is -3.34. The second kappa shape index (κ2) is 6.05. The van der Waals surface area contributed by atoms with Crippen molar-refractivity contribution in [3.05, 3.63) is 29.8 Å². The molecule has 0 spiro atoms. The van der Waals surface area contributed by atoms with E-state index in [1.54, 1.807) is 0 Å². The second-order valence-corrected chi connectivity index (χ2v) is 8.00. The predicted molar refractivity (Wildman–Crippen MR) is 84.3 cm³/mol. The maximum atomic E-state index is 11.8.